The summed E-state index contributed by atoms with van der Waals surface area (Å²) in [6, 6.07) is 13.7. The summed E-state index contributed by atoms with van der Waals surface area (Å²) in [5, 5.41) is 11.5. The molecule has 1 atom stereocenters. The summed E-state index contributed by atoms with van der Waals surface area (Å²) in [7, 11) is -0.173. The van der Waals surface area contributed by atoms with Crippen LogP contribution in [0.2, 0.25) is 0 Å². The number of hydrogen-bond acceptors (Lipinski definition) is 6. The molecular formula is C23H29N5O4S. The van der Waals surface area contributed by atoms with Crippen molar-refractivity contribution >= 4 is 27.5 Å². The largest absolute Gasteiger partial charge is 0.336 e. The summed E-state index contributed by atoms with van der Waals surface area (Å²) in [5.41, 5.74) is 1.84. The maximum Gasteiger partial charge on any atom is 0.241 e. The van der Waals surface area contributed by atoms with Gasteiger partial charge >= 0.3 is 0 Å². The highest BCUT2D eigenvalue weighted by molar-refractivity contribution is 7.89. The van der Waals surface area contributed by atoms with E-state index in [-0.39, 0.29) is 23.3 Å². The van der Waals surface area contributed by atoms with Crippen LogP contribution in [0, 0.1) is 11.3 Å². The predicted molar refractivity (Wildman–Crippen MR) is 126 cm³/mol. The number of carbonyl (C=O) groups excluding carboxylic acids is 2. The number of amides is 2. The number of carbonyl (C=O) groups is 2. The normalized spacial score (nSPS) is 12.1. The number of rotatable bonds is 10. The molecular weight excluding hydrogens is 442 g/mol. The van der Waals surface area contributed by atoms with Crippen molar-refractivity contribution in [2.45, 2.75) is 31.3 Å². The molecule has 0 heterocycles. The van der Waals surface area contributed by atoms with Crippen molar-refractivity contribution in [3.63, 3.8) is 0 Å². The van der Waals surface area contributed by atoms with Gasteiger partial charge in [-0.2, -0.15) is 9.98 Å². The SMILES string of the molecule is CC(=O)Nc1ccc(S(=O)(=O)N[C@@H](C)C(=O)N(CCN(C)C)Cc2ccc(C#N)cc2)cc1. The highest BCUT2D eigenvalue weighted by Gasteiger charge is 2.26. The van der Waals surface area contributed by atoms with Gasteiger partial charge in [-0.1, -0.05) is 12.1 Å². The first-order valence-electron chi connectivity index (χ1n) is 10.3. The zero-order valence-electron chi connectivity index (χ0n) is 19.2. The molecule has 0 unspecified atom stereocenters. The predicted octanol–water partition coefficient (Wildman–Crippen LogP) is 1.77. The highest BCUT2D eigenvalue weighted by Crippen LogP contribution is 2.15. The number of benzene rings is 2. The molecule has 2 rings (SSSR count). The molecule has 176 valence electrons. The van der Waals surface area contributed by atoms with E-state index in [2.05, 4.69) is 16.1 Å². The van der Waals surface area contributed by atoms with Crippen LogP contribution in [-0.2, 0) is 26.2 Å². The van der Waals surface area contributed by atoms with E-state index in [1.54, 1.807) is 29.2 Å². The van der Waals surface area contributed by atoms with Gasteiger partial charge in [0.15, 0.2) is 0 Å². The van der Waals surface area contributed by atoms with Crippen molar-refractivity contribution in [3.05, 3.63) is 59.7 Å². The molecule has 0 saturated carbocycles. The summed E-state index contributed by atoms with van der Waals surface area (Å²) in [6.45, 7) is 4.16. The van der Waals surface area contributed by atoms with Crippen LogP contribution < -0.4 is 10.0 Å². The lowest BCUT2D eigenvalue weighted by molar-refractivity contribution is -0.133. The van der Waals surface area contributed by atoms with Crippen LogP contribution in [0.5, 0.6) is 0 Å². The third kappa shape index (κ3) is 7.98. The molecule has 0 bridgehead atoms. The van der Waals surface area contributed by atoms with E-state index in [0.29, 0.717) is 24.3 Å². The highest BCUT2D eigenvalue weighted by atomic mass is 32.2. The van der Waals surface area contributed by atoms with Gasteiger partial charge in [0.1, 0.15) is 0 Å². The van der Waals surface area contributed by atoms with Crippen LogP contribution in [0.3, 0.4) is 0 Å². The Morgan fingerprint density at radius 2 is 1.64 bits per heavy atom. The zero-order chi connectivity index (χ0) is 24.6. The van der Waals surface area contributed by atoms with Crippen LogP contribution >= 0.6 is 0 Å². The first-order valence-corrected chi connectivity index (χ1v) is 11.8. The van der Waals surface area contributed by atoms with Crippen LogP contribution in [-0.4, -0.2) is 63.3 Å². The van der Waals surface area contributed by atoms with E-state index in [1.165, 1.54) is 38.1 Å². The van der Waals surface area contributed by atoms with Crippen molar-refractivity contribution in [1.29, 1.82) is 5.26 Å². The molecule has 0 radical (unpaired) electrons. The standard InChI is InChI=1S/C23H29N5O4S/c1-17(26-33(31,32)22-11-9-21(10-12-22)25-18(2)29)23(30)28(14-13-27(3)4)16-20-7-5-19(15-24)6-8-20/h5-12,17,26H,13-14,16H2,1-4H3,(H,25,29)/t17-/m0/s1. The Bertz CT molecular complexity index is 1110. The average Bonchev–Trinajstić information content (AvgIpc) is 2.76. The van der Waals surface area contributed by atoms with E-state index in [0.717, 1.165) is 5.56 Å². The van der Waals surface area contributed by atoms with Crippen molar-refractivity contribution in [2.75, 3.05) is 32.5 Å². The molecule has 0 fully saturated rings. The number of nitrogens with one attached hydrogen (secondary N) is 2. The van der Waals surface area contributed by atoms with Crippen molar-refractivity contribution in [3.8, 4) is 6.07 Å². The Morgan fingerprint density at radius 3 is 2.15 bits per heavy atom. The molecule has 0 aliphatic rings. The smallest absolute Gasteiger partial charge is 0.241 e. The second-order valence-corrected chi connectivity index (χ2v) is 9.63. The van der Waals surface area contributed by atoms with Gasteiger partial charge in [-0.3, -0.25) is 9.59 Å². The fourth-order valence-electron chi connectivity index (χ4n) is 3.04. The number of nitrogens with zero attached hydrogens (tertiary/aromatic N) is 3. The van der Waals surface area contributed by atoms with Crippen LogP contribution in [0.25, 0.3) is 0 Å². The van der Waals surface area contributed by atoms with Gasteiger partial charge in [0.2, 0.25) is 21.8 Å². The molecule has 2 N–H and O–H groups in total. The van der Waals surface area contributed by atoms with Gasteiger partial charge in [0, 0.05) is 32.2 Å². The van der Waals surface area contributed by atoms with Gasteiger partial charge in [-0.05, 0) is 63.0 Å². The zero-order valence-corrected chi connectivity index (χ0v) is 20.0. The van der Waals surface area contributed by atoms with Crippen molar-refractivity contribution in [1.82, 2.24) is 14.5 Å². The van der Waals surface area contributed by atoms with E-state index in [9.17, 15) is 18.0 Å². The summed E-state index contributed by atoms with van der Waals surface area (Å²) in [6.07, 6.45) is 0. The quantitative estimate of drug-likeness (QED) is 0.545. The molecule has 2 aromatic carbocycles. The Morgan fingerprint density at radius 1 is 1.03 bits per heavy atom. The number of sulfonamides is 1. The van der Waals surface area contributed by atoms with Crippen molar-refractivity contribution in [2.24, 2.45) is 0 Å². The molecule has 0 aromatic heterocycles. The lowest BCUT2D eigenvalue weighted by Crippen LogP contribution is -2.48. The van der Waals surface area contributed by atoms with Gasteiger partial charge in [0.25, 0.3) is 0 Å². The second-order valence-electron chi connectivity index (χ2n) is 7.92. The maximum atomic E-state index is 13.1. The van der Waals surface area contributed by atoms with Gasteiger partial charge in [-0.15, -0.1) is 0 Å². The maximum absolute atomic E-state index is 13.1. The lowest BCUT2D eigenvalue weighted by atomic mass is 10.1. The molecule has 0 aliphatic heterocycles. The molecule has 0 spiro atoms. The van der Waals surface area contributed by atoms with Crippen molar-refractivity contribution < 1.29 is 18.0 Å². The lowest BCUT2D eigenvalue weighted by Gasteiger charge is -2.27. The third-order valence-corrected chi connectivity index (χ3v) is 6.33. The molecule has 0 saturated heterocycles. The fourth-order valence-corrected chi connectivity index (χ4v) is 4.24. The Hall–Kier alpha value is -3.26. The number of anilines is 1. The first kappa shape index (κ1) is 26.0. The number of hydrogen-bond donors (Lipinski definition) is 2. The average molecular weight is 472 g/mol. The summed E-state index contributed by atoms with van der Waals surface area (Å²) < 4.78 is 28.0. The van der Waals surface area contributed by atoms with E-state index in [4.69, 9.17) is 5.26 Å². The van der Waals surface area contributed by atoms with Gasteiger partial charge < -0.3 is 15.1 Å². The minimum atomic E-state index is -3.95. The topological polar surface area (TPSA) is 123 Å². The third-order valence-electron chi connectivity index (χ3n) is 4.77. The minimum absolute atomic E-state index is 0.0109. The van der Waals surface area contributed by atoms with Gasteiger partial charge in [-0.25, -0.2) is 8.42 Å². The monoisotopic (exact) mass is 471 g/mol. The molecule has 9 nitrogen and oxygen atoms in total. The Labute approximate surface area is 195 Å². The molecule has 0 aliphatic carbocycles. The first-order chi connectivity index (χ1) is 15.5. The van der Waals surface area contributed by atoms with Crippen LogP contribution in [0.4, 0.5) is 5.69 Å². The van der Waals surface area contributed by atoms with Gasteiger partial charge in [0.05, 0.1) is 22.6 Å². The Balaban J connectivity index is 2.15. The van der Waals surface area contributed by atoms with E-state index < -0.39 is 16.1 Å². The van der Waals surface area contributed by atoms with Crippen LogP contribution in [0.1, 0.15) is 25.0 Å². The van der Waals surface area contributed by atoms with E-state index in [1.807, 2.05) is 19.0 Å². The molecule has 33 heavy (non-hydrogen) atoms. The second kappa shape index (κ2) is 11.6. The summed E-state index contributed by atoms with van der Waals surface area (Å²) >= 11 is 0. The number of nitriles is 1. The summed E-state index contributed by atoms with van der Waals surface area (Å²) in [4.78, 5) is 27.8. The number of likely N-dealkylation sites (N-methyl/N-ethyl adjacent to an activating group) is 1. The fraction of sp³-hybridized carbons (Fsp3) is 0.348. The van der Waals surface area contributed by atoms with Crippen LogP contribution in [0.15, 0.2) is 53.4 Å². The summed E-state index contributed by atoms with van der Waals surface area (Å²) in [5.74, 6) is -0.623. The minimum Gasteiger partial charge on any atom is -0.336 e. The molecule has 10 heteroatoms. The molecule has 2 amide bonds. The molecule has 2 aromatic rings. The van der Waals surface area contributed by atoms with E-state index >= 15 is 0 Å². The Kier molecular flexibility index (Phi) is 9.11.